The number of nitrogens with zero attached hydrogens (tertiary/aromatic N) is 1. The molecular weight excluding hydrogens is 500 g/mol. The molecule has 3 aromatic carbocycles. The van der Waals surface area contributed by atoms with Crippen LogP contribution in [0.1, 0.15) is 64.9 Å². The minimum atomic E-state index is -0.393. The molecule has 0 aliphatic carbocycles. The predicted molar refractivity (Wildman–Crippen MR) is 156 cm³/mol. The summed E-state index contributed by atoms with van der Waals surface area (Å²) in [5.74, 6) is 6.27. The summed E-state index contributed by atoms with van der Waals surface area (Å²) in [7, 11) is 0. The highest BCUT2D eigenvalue weighted by Crippen LogP contribution is 2.18. The van der Waals surface area contributed by atoms with Gasteiger partial charge < -0.3 is 14.6 Å². The summed E-state index contributed by atoms with van der Waals surface area (Å²) in [5, 5.41) is 0. The number of pyridine rings is 1. The lowest BCUT2D eigenvalue weighted by Gasteiger charge is -2.23. The largest absolute Gasteiger partial charge is 0.427 e. The number of carbonyl (C=O) groups is 2. The van der Waals surface area contributed by atoms with Crippen molar-refractivity contribution in [1.29, 1.82) is 0 Å². The Labute approximate surface area is 234 Å². The number of H-pyrrole nitrogens is 1. The van der Waals surface area contributed by atoms with Crippen LogP contribution < -0.4 is 10.3 Å². The number of unbranched alkanes of at least 4 members (excludes halogenated alkanes) is 1. The number of carbonyl (C=O) groups excluding carboxylic acids is 2. The molecule has 1 heterocycles. The summed E-state index contributed by atoms with van der Waals surface area (Å²) >= 11 is 0. The molecule has 0 radical (unpaired) electrons. The van der Waals surface area contributed by atoms with E-state index in [1.807, 2.05) is 36.4 Å². The first-order chi connectivity index (χ1) is 19.4. The zero-order valence-electron chi connectivity index (χ0n) is 22.8. The topological polar surface area (TPSA) is 79.5 Å². The van der Waals surface area contributed by atoms with Crippen LogP contribution in [0.2, 0.25) is 0 Å². The van der Waals surface area contributed by atoms with Crippen LogP contribution in [0.3, 0.4) is 0 Å². The molecule has 0 saturated heterocycles. The molecule has 0 atom stereocenters. The molecule has 4 aromatic rings. The molecule has 0 unspecified atom stereocenters. The fraction of sp³-hybridized carbons (Fsp3) is 0.206. The van der Waals surface area contributed by atoms with E-state index in [2.05, 4.69) is 48.0 Å². The molecule has 0 spiro atoms. The van der Waals surface area contributed by atoms with Crippen molar-refractivity contribution < 1.29 is 14.3 Å². The lowest BCUT2D eigenvalue weighted by Crippen LogP contribution is -2.30. The van der Waals surface area contributed by atoms with Gasteiger partial charge in [0.2, 0.25) is 5.56 Å². The van der Waals surface area contributed by atoms with Gasteiger partial charge in [-0.25, -0.2) is 0 Å². The maximum atomic E-state index is 13.4. The summed E-state index contributed by atoms with van der Waals surface area (Å²) in [4.78, 5) is 40.4. The third-order valence-corrected chi connectivity index (χ3v) is 6.33. The number of esters is 1. The standard InChI is InChI=1S/C34H32N2O4/c1-3-4-5-26-6-8-27(9-7-26)10-11-28-12-14-29(15-13-28)23-36(34(39)31-18-21-33(38)35-22-31)24-30-16-19-32(20-17-30)40-25(2)37/h6-9,12-22H,3-5,23-24H2,1-2H3,(H,35,38). The third-order valence-electron chi connectivity index (χ3n) is 6.33. The summed E-state index contributed by atoms with van der Waals surface area (Å²) in [5.41, 5.74) is 5.13. The molecule has 1 aromatic heterocycles. The zero-order valence-corrected chi connectivity index (χ0v) is 22.8. The monoisotopic (exact) mass is 532 g/mol. The second-order valence-corrected chi connectivity index (χ2v) is 9.59. The van der Waals surface area contributed by atoms with Crippen molar-refractivity contribution in [1.82, 2.24) is 9.88 Å². The van der Waals surface area contributed by atoms with Gasteiger partial charge in [-0.2, -0.15) is 0 Å². The van der Waals surface area contributed by atoms with Crippen LogP contribution in [0.4, 0.5) is 0 Å². The highest BCUT2D eigenvalue weighted by molar-refractivity contribution is 5.93. The van der Waals surface area contributed by atoms with E-state index in [-0.39, 0.29) is 11.5 Å². The molecule has 1 N–H and O–H groups in total. The van der Waals surface area contributed by atoms with E-state index in [9.17, 15) is 14.4 Å². The van der Waals surface area contributed by atoms with Crippen molar-refractivity contribution >= 4 is 11.9 Å². The molecule has 0 fully saturated rings. The maximum Gasteiger partial charge on any atom is 0.308 e. The van der Waals surface area contributed by atoms with E-state index in [4.69, 9.17) is 4.74 Å². The Morgan fingerprint density at radius 3 is 1.82 bits per heavy atom. The van der Waals surface area contributed by atoms with Crippen molar-refractivity contribution in [2.24, 2.45) is 0 Å². The van der Waals surface area contributed by atoms with E-state index in [1.54, 1.807) is 17.0 Å². The predicted octanol–water partition coefficient (Wildman–Crippen LogP) is 5.89. The Hall–Kier alpha value is -4.89. The summed E-state index contributed by atoms with van der Waals surface area (Å²) in [6.07, 6.45) is 4.89. The third kappa shape index (κ3) is 8.31. The van der Waals surface area contributed by atoms with Crippen LogP contribution in [0.25, 0.3) is 0 Å². The van der Waals surface area contributed by atoms with Crippen LogP contribution in [-0.4, -0.2) is 21.8 Å². The van der Waals surface area contributed by atoms with E-state index in [1.165, 1.54) is 43.7 Å². The fourth-order valence-electron chi connectivity index (χ4n) is 4.17. The van der Waals surface area contributed by atoms with Crippen LogP contribution >= 0.6 is 0 Å². The molecule has 4 rings (SSSR count). The van der Waals surface area contributed by atoms with Gasteiger partial charge in [-0.1, -0.05) is 61.6 Å². The molecule has 0 saturated carbocycles. The van der Waals surface area contributed by atoms with Crippen LogP contribution in [-0.2, 0) is 24.3 Å². The first kappa shape index (κ1) is 28.1. The van der Waals surface area contributed by atoms with Gasteiger partial charge in [0.05, 0.1) is 5.56 Å². The van der Waals surface area contributed by atoms with Crippen LogP contribution in [0.5, 0.6) is 5.75 Å². The lowest BCUT2D eigenvalue weighted by atomic mass is 10.1. The maximum absolute atomic E-state index is 13.4. The Morgan fingerprint density at radius 1 is 0.775 bits per heavy atom. The van der Waals surface area contributed by atoms with Gasteiger partial charge in [-0.15, -0.1) is 0 Å². The van der Waals surface area contributed by atoms with Crippen molar-refractivity contribution in [3.63, 3.8) is 0 Å². The highest BCUT2D eigenvalue weighted by Gasteiger charge is 2.17. The number of hydrogen-bond donors (Lipinski definition) is 1. The fourth-order valence-corrected chi connectivity index (χ4v) is 4.17. The molecule has 0 aliphatic heterocycles. The van der Waals surface area contributed by atoms with Gasteiger partial charge in [-0.3, -0.25) is 14.4 Å². The average molecular weight is 533 g/mol. The average Bonchev–Trinajstić information content (AvgIpc) is 2.96. The van der Waals surface area contributed by atoms with E-state index in [0.717, 1.165) is 28.7 Å². The Balaban J connectivity index is 1.48. The van der Waals surface area contributed by atoms with Crippen LogP contribution in [0, 0.1) is 11.8 Å². The van der Waals surface area contributed by atoms with E-state index < -0.39 is 5.97 Å². The number of ether oxygens (including phenoxy) is 1. The quantitative estimate of drug-likeness (QED) is 0.166. The number of hydrogen-bond acceptors (Lipinski definition) is 4. The number of aryl methyl sites for hydroxylation is 1. The number of rotatable bonds is 9. The molecule has 6 heteroatoms. The van der Waals surface area contributed by atoms with E-state index >= 15 is 0 Å². The molecular formula is C34H32N2O4. The minimum absolute atomic E-state index is 0.216. The molecule has 1 amide bonds. The summed E-state index contributed by atoms with van der Waals surface area (Å²) in [6.45, 7) is 4.23. The van der Waals surface area contributed by atoms with Crippen molar-refractivity contribution in [3.8, 4) is 17.6 Å². The number of benzene rings is 3. The van der Waals surface area contributed by atoms with Gasteiger partial charge in [0.1, 0.15) is 5.75 Å². The minimum Gasteiger partial charge on any atom is -0.427 e. The Kier molecular flexibility index (Phi) is 9.68. The van der Waals surface area contributed by atoms with Gasteiger partial charge in [0, 0.05) is 43.4 Å². The second kappa shape index (κ2) is 13.8. The molecule has 0 aliphatic rings. The highest BCUT2D eigenvalue weighted by atomic mass is 16.5. The molecule has 6 nitrogen and oxygen atoms in total. The van der Waals surface area contributed by atoms with Gasteiger partial charge in [0.25, 0.3) is 5.91 Å². The van der Waals surface area contributed by atoms with Crippen LogP contribution in [0.15, 0.2) is 95.9 Å². The molecule has 0 bridgehead atoms. The Morgan fingerprint density at radius 2 is 1.32 bits per heavy atom. The number of nitrogens with one attached hydrogen (secondary N) is 1. The summed E-state index contributed by atoms with van der Waals surface area (Å²) < 4.78 is 5.11. The number of amides is 1. The number of aromatic nitrogens is 1. The van der Waals surface area contributed by atoms with E-state index in [0.29, 0.717) is 24.4 Å². The van der Waals surface area contributed by atoms with Crippen molar-refractivity contribution in [3.05, 3.63) is 135 Å². The number of aromatic amines is 1. The zero-order chi connectivity index (χ0) is 28.3. The van der Waals surface area contributed by atoms with Gasteiger partial charge in [-0.05, 0) is 72.0 Å². The normalized spacial score (nSPS) is 10.3. The first-order valence-electron chi connectivity index (χ1n) is 13.3. The SMILES string of the molecule is CCCCc1ccc(C#Cc2ccc(CN(Cc3ccc(OC(C)=O)cc3)C(=O)c3ccc(=O)[nH]c3)cc2)cc1. The van der Waals surface area contributed by atoms with Crippen molar-refractivity contribution in [2.45, 2.75) is 46.2 Å². The lowest BCUT2D eigenvalue weighted by molar-refractivity contribution is -0.131. The second-order valence-electron chi connectivity index (χ2n) is 9.59. The first-order valence-corrected chi connectivity index (χ1v) is 13.3. The molecule has 202 valence electrons. The van der Waals surface area contributed by atoms with Gasteiger partial charge >= 0.3 is 5.97 Å². The van der Waals surface area contributed by atoms with Gasteiger partial charge in [0.15, 0.2) is 0 Å². The smallest absolute Gasteiger partial charge is 0.308 e. The summed E-state index contributed by atoms with van der Waals surface area (Å²) in [6, 6.07) is 26.1. The Bertz CT molecular complexity index is 1540. The molecule has 40 heavy (non-hydrogen) atoms. The van der Waals surface area contributed by atoms with Crippen molar-refractivity contribution in [2.75, 3.05) is 0 Å².